The average Bonchev–Trinajstić information content (AvgIpc) is 3.10. The Morgan fingerprint density at radius 2 is 2.00 bits per heavy atom. The number of carbonyl (C=O) groups is 1. The molecule has 0 saturated heterocycles. The maximum atomic E-state index is 13.7. The highest BCUT2D eigenvalue weighted by Crippen LogP contribution is 2.44. The molecule has 5 heteroatoms. The minimum Gasteiger partial charge on any atom is -0.508 e. The van der Waals surface area contributed by atoms with Crippen LogP contribution in [0.1, 0.15) is 36.8 Å². The molecule has 1 N–H and O–H groups in total. The first-order valence-corrected chi connectivity index (χ1v) is 9.51. The first-order chi connectivity index (χ1) is 13.1. The molecule has 1 heterocycles. The van der Waals surface area contributed by atoms with E-state index in [4.69, 9.17) is 9.47 Å². The van der Waals surface area contributed by atoms with Crippen molar-refractivity contribution in [1.29, 1.82) is 0 Å². The van der Waals surface area contributed by atoms with Crippen molar-refractivity contribution in [2.24, 2.45) is 0 Å². The standard InChI is InChI=1S/C22H25NO4/c1-26-19-6-4-5-17(13-19)22(9-2-3-10-22)21(25)23-11-12-27-20-14-18(24)8-7-16(20)15-23/h4-8,13-14,24H,2-3,9-12,15H2,1H3. The third kappa shape index (κ3) is 3.22. The summed E-state index contributed by atoms with van der Waals surface area (Å²) in [7, 11) is 1.65. The Morgan fingerprint density at radius 1 is 1.19 bits per heavy atom. The van der Waals surface area contributed by atoms with Crippen molar-refractivity contribution in [3.63, 3.8) is 0 Å². The molecule has 1 aliphatic carbocycles. The summed E-state index contributed by atoms with van der Waals surface area (Å²) in [5, 5.41) is 9.69. The number of nitrogens with zero attached hydrogens (tertiary/aromatic N) is 1. The molecule has 2 aromatic carbocycles. The first kappa shape index (κ1) is 17.7. The zero-order valence-corrected chi connectivity index (χ0v) is 15.6. The average molecular weight is 367 g/mol. The Bertz CT molecular complexity index is 842. The number of phenols is 1. The lowest BCUT2D eigenvalue weighted by molar-refractivity contribution is -0.138. The van der Waals surface area contributed by atoms with E-state index >= 15 is 0 Å². The van der Waals surface area contributed by atoms with E-state index in [-0.39, 0.29) is 11.7 Å². The fourth-order valence-corrected chi connectivity index (χ4v) is 4.36. The highest BCUT2D eigenvalue weighted by atomic mass is 16.5. The number of rotatable bonds is 3. The van der Waals surface area contributed by atoms with E-state index in [0.29, 0.717) is 25.4 Å². The molecule has 0 spiro atoms. The fraction of sp³-hybridized carbons (Fsp3) is 0.409. The molecule has 1 fully saturated rings. The Morgan fingerprint density at radius 3 is 2.78 bits per heavy atom. The summed E-state index contributed by atoms with van der Waals surface area (Å²) in [5.74, 6) is 1.79. The highest BCUT2D eigenvalue weighted by Gasteiger charge is 2.45. The quantitative estimate of drug-likeness (QED) is 0.900. The second-order valence-electron chi connectivity index (χ2n) is 7.39. The monoisotopic (exact) mass is 367 g/mol. The lowest BCUT2D eigenvalue weighted by Gasteiger charge is -2.34. The number of fused-ring (bicyclic) bond motifs is 1. The van der Waals surface area contributed by atoms with E-state index in [9.17, 15) is 9.90 Å². The highest BCUT2D eigenvalue weighted by molar-refractivity contribution is 5.89. The van der Waals surface area contributed by atoms with Crippen molar-refractivity contribution in [2.45, 2.75) is 37.6 Å². The molecule has 0 unspecified atom stereocenters. The second kappa shape index (κ2) is 7.14. The largest absolute Gasteiger partial charge is 0.508 e. The number of amides is 1. The number of carbonyl (C=O) groups excluding carboxylic acids is 1. The topological polar surface area (TPSA) is 59.0 Å². The number of benzene rings is 2. The van der Waals surface area contributed by atoms with Crippen LogP contribution in [-0.4, -0.2) is 36.2 Å². The van der Waals surface area contributed by atoms with Crippen LogP contribution in [0.4, 0.5) is 0 Å². The number of aromatic hydroxyl groups is 1. The number of methoxy groups -OCH3 is 1. The van der Waals surface area contributed by atoms with Gasteiger partial charge in [-0.1, -0.05) is 25.0 Å². The second-order valence-corrected chi connectivity index (χ2v) is 7.39. The molecule has 2 aromatic rings. The predicted molar refractivity (Wildman–Crippen MR) is 102 cm³/mol. The van der Waals surface area contributed by atoms with E-state index in [1.165, 1.54) is 0 Å². The van der Waals surface area contributed by atoms with Crippen molar-refractivity contribution in [1.82, 2.24) is 4.90 Å². The van der Waals surface area contributed by atoms with Crippen LogP contribution < -0.4 is 9.47 Å². The molecular formula is C22H25NO4. The minimum atomic E-state index is -0.490. The van der Waals surface area contributed by atoms with Gasteiger partial charge >= 0.3 is 0 Å². The number of ether oxygens (including phenoxy) is 2. The summed E-state index contributed by atoms with van der Waals surface area (Å²) >= 11 is 0. The van der Waals surface area contributed by atoms with E-state index < -0.39 is 5.41 Å². The molecule has 142 valence electrons. The number of hydrogen-bond acceptors (Lipinski definition) is 4. The molecule has 5 nitrogen and oxygen atoms in total. The molecule has 0 bridgehead atoms. The minimum absolute atomic E-state index is 0.165. The van der Waals surface area contributed by atoms with Gasteiger partial charge in [-0.15, -0.1) is 0 Å². The van der Waals surface area contributed by atoms with E-state index in [0.717, 1.165) is 42.6 Å². The number of hydrogen-bond donors (Lipinski definition) is 1. The molecular weight excluding hydrogens is 342 g/mol. The summed E-state index contributed by atoms with van der Waals surface area (Å²) in [5.41, 5.74) is 1.48. The predicted octanol–water partition coefficient (Wildman–Crippen LogP) is 3.63. The van der Waals surface area contributed by atoms with Gasteiger partial charge in [0.15, 0.2) is 0 Å². The first-order valence-electron chi connectivity index (χ1n) is 9.51. The van der Waals surface area contributed by atoms with Gasteiger partial charge in [-0.2, -0.15) is 0 Å². The van der Waals surface area contributed by atoms with Gasteiger partial charge in [0.2, 0.25) is 5.91 Å². The SMILES string of the molecule is COc1cccc(C2(C(=O)N3CCOc4cc(O)ccc4C3)CCCC2)c1. The Kier molecular flexibility index (Phi) is 4.68. The smallest absolute Gasteiger partial charge is 0.233 e. The van der Waals surface area contributed by atoms with Gasteiger partial charge in [0, 0.05) is 18.2 Å². The van der Waals surface area contributed by atoms with Crippen molar-refractivity contribution in [3.8, 4) is 17.2 Å². The number of phenolic OH excluding ortho intramolecular Hbond substituents is 1. The summed E-state index contributed by atoms with van der Waals surface area (Å²) < 4.78 is 11.2. The Labute approximate surface area is 159 Å². The lowest BCUT2D eigenvalue weighted by atomic mass is 9.77. The maximum absolute atomic E-state index is 13.7. The van der Waals surface area contributed by atoms with Crippen molar-refractivity contribution in [3.05, 3.63) is 53.6 Å². The normalized spacial score (nSPS) is 18.3. The summed E-state index contributed by atoms with van der Waals surface area (Å²) in [6.07, 6.45) is 3.83. The zero-order chi connectivity index (χ0) is 18.9. The lowest BCUT2D eigenvalue weighted by Crippen LogP contribution is -2.46. The molecule has 1 amide bonds. The van der Waals surface area contributed by atoms with Crippen LogP contribution in [0.5, 0.6) is 17.2 Å². The third-order valence-electron chi connectivity index (χ3n) is 5.81. The van der Waals surface area contributed by atoms with Crippen molar-refractivity contribution < 1.29 is 19.4 Å². The van der Waals surface area contributed by atoms with Gasteiger partial charge in [-0.25, -0.2) is 0 Å². The van der Waals surface area contributed by atoms with Gasteiger partial charge in [0.1, 0.15) is 23.9 Å². The van der Waals surface area contributed by atoms with Crippen LogP contribution in [0.2, 0.25) is 0 Å². The molecule has 0 atom stereocenters. The van der Waals surface area contributed by atoms with Crippen LogP contribution in [0, 0.1) is 0 Å². The Balaban J connectivity index is 1.67. The molecule has 2 aliphatic rings. The summed E-state index contributed by atoms with van der Waals surface area (Å²) in [4.78, 5) is 15.6. The molecule has 0 aromatic heterocycles. The van der Waals surface area contributed by atoms with Gasteiger partial charge in [-0.3, -0.25) is 4.79 Å². The van der Waals surface area contributed by atoms with Gasteiger partial charge in [0.25, 0.3) is 0 Å². The van der Waals surface area contributed by atoms with Gasteiger partial charge < -0.3 is 19.5 Å². The fourth-order valence-electron chi connectivity index (χ4n) is 4.36. The van der Waals surface area contributed by atoms with E-state index in [1.54, 1.807) is 19.2 Å². The summed E-state index contributed by atoms with van der Waals surface area (Å²) in [6, 6.07) is 13.0. The van der Waals surface area contributed by atoms with Crippen LogP contribution in [0.15, 0.2) is 42.5 Å². The van der Waals surface area contributed by atoms with Crippen LogP contribution in [-0.2, 0) is 16.8 Å². The van der Waals surface area contributed by atoms with E-state index in [1.807, 2.05) is 35.2 Å². The van der Waals surface area contributed by atoms with Crippen molar-refractivity contribution >= 4 is 5.91 Å². The van der Waals surface area contributed by atoms with Crippen LogP contribution in [0.3, 0.4) is 0 Å². The van der Waals surface area contributed by atoms with Gasteiger partial charge in [0.05, 0.1) is 19.1 Å². The molecule has 27 heavy (non-hydrogen) atoms. The molecule has 1 aliphatic heterocycles. The molecule has 4 rings (SSSR count). The molecule has 0 radical (unpaired) electrons. The summed E-state index contributed by atoms with van der Waals surface area (Å²) in [6.45, 7) is 1.47. The van der Waals surface area contributed by atoms with Gasteiger partial charge in [-0.05, 0) is 42.7 Å². The van der Waals surface area contributed by atoms with Crippen LogP contribution >= 0.6 is 0 Å². The maximum Gasteiger partial charge on any atom is 0.233 e. The van der Waals surface area contributed by atoms with Crippen molar-refractivity contribution in [2.75, 3.05) is 20.3 Å². The molecule has 1 saturated carbocycles. The third-order valence-corrected chi connectivity index (χ3v) is 5.81. The van der Waals surface area contributed by atoms with Crippen LogP contribution in [0.25, 0.3) is 0 Å². The van der Waals surface area contributed by atoms with E-state index in [2.05, 4.69) is 0 Å². The Hall–Kier alpha value is -2.69. The zero-order valence-electron chi connectivity index (χ0n) is 15.6.